The van der Waals surface area contributed by atoms with Crippen molar-refractivity contribution >= 4 is 55.5 Å². The second-order valence-corrected chi connectivity index (χ2v) is 9.74. The lowest BCUT2D eigenvalue weighted by Crippen LogP contribution is -2.49. The normalized spacial score (nSPS) is 15.1. The molecule has 0 amide bonds. The lowest BCUT2D eigenvalue weighted by Gasteiger charge is -2.36. The van der Waals surface area contributed by atoms with E-state index in [0.29, 0.717) is 6.04 Å². The number of aromatic nitrogens is 1. The maximum atomic E-state index is 11.6. The number of aromatic hydroxyl groups is 2. The molecule has 1 aliphatic carbocycles. The van der Waals surface area contributed by atoms with Crippen molar-refractivity contribution in [2.24, 2.45) is 0 Å². The summed E-state index contributed by atoms with van der Waals surface area (Å²) in [6.07, 6.45) is 8.36. The number of hydrogen-bond acceptors (Lipinski definition) is 6. The van der Waals surface area contributed by atoms with Crippen LogP contribution in [0.5, 0.6) is 11.5 Å². The fourth-order valence-electron chi connectivity index (χ4n) is 4.66. The predicted molar refractivity (Wildman–Crippen MR) is 151 cm³/mol. The van der Waals surface area contributed by atoms with Crippen LogP contribution < -0.4 is 10.3 Å². The third kappa shape index (κ3) is 7.07. The zero-order chi connectivity index (χ0) is 22.5. The second-order valence-electron chi connectivity index (χ2n) is 8.72. The van der Waals surface area contributed by atoms with Gasteiger partial charge in [0.15, 0.2) is 11.5 Å². The van der Waals surface area contributed by atoms with Gasteiger partial charge in [-0.05, 0) is 61.4 Å². The Kier molecular flexibility index (Phi) is 11.6. The number of phenolic OH excluding ortho intramolecular Hbond substituents is 2. The third-order valence-corrected chi connectivity index (χ3v) is 7.29. The first-order chi connectivity index (χ1) is 15.5. The number of hydrogen-bond donors (Lipinski definition) is 4. The fraction of sp³-hybridized carbons (Fsp3) is 0.480. The Morgan fingerprint density at radius 1 is 1.15 bits per heavy atom. The second kappa shape index (κ2) is 13.6. The van der Waals surface area contributed by atoms with Crippen molar-refractivity contribution in [3.8, 4) is 11.5 Å². The Balaban J connectivity index is 0.00000204. The van der Waals surface area contributed by atoms with Gasteiger partial charge in [-0.15, -0.1) is 34.0 Å². The van der Waals surface area contributed by atoms with Crippen LogP contribution in [0.3, 0.4) is 0 Å². The Bertz CT molecular complexity index is 1120. The van der Waals surface area contributed by atoms with Crippen molar-refractivity contribution < 1.29 is 10.2 Å². The Hall–Kier alpha value is -1.39. The average Bonchev–Trinajstić information content (AvgIpc) is 3.17. The molecule has 34 heavy (non-hydrogen) atoms. The van der Waals surface area contributed by atoms with Gasteiger partial charge in [-0.25, -0.2) is 5.01 Å². The molecule has 1 unspecified atom stereocenters. The molecular formula is C25H35Br2N3O3S. The van der Waals surface area contributed by atoms with E-state index in [2.05, 4.69) is 34.5 Å². The molecule has 4 rings (SSSR count). The summed E-state index contributed by atoms with van der Waals surface area (Å²) in [7, 11) is 0. The van der Waals surface area contributed by atoms with Crippen molar-refractivity contribution in [2.75, 3.05) is 13.1 Å². The maximum Gasteiger partial charge on any atom is 0.305 e. The zero-order valence-corrected chi connectivity index (χ0v) is 23.8. The summed E-state index contributed by atoms with van der Waals surface area (Å²) in [6.45, 7) is 4.07. The number of H-pyrrole nitrogens is 1. The molecule has 0 saturated carbocycles. The number of aromatic amines is 1. The Morgan fingerprint density at radius 3 is 2.76 bits per heavy atom. The standard InChI is InChI=1S/C25H33N3O3S.2BrH/c1-2-3-4-5-14-28(19-8-9-20-18(16-19)7-11-22(29)24(20)30)26-13-12-17-6-10-21-23(15-17)32-25(31)27-21;;/h6-7,10-11,15,19,26,29-30H,2-5,8-9,12-14,16H2,1H3,(H,27,31);2*1H. The van der Waals surface area contributed by atoms with Crippen LogP contribution in [0.1, 0.15) is 55.7 Å². The lowest BCUT2D eigenvalue weighted by molar-refractivity contribution is 0.109. The van der Waals surface area contributed by atoms with E-state index in [-0.39, 0.29) is 50.3 Å². The highest BCUT2D eigenvalue weighted by atomic mass is 79.9. The van der Waals surface area contributed by atoms with E-state index in [9.17, 15) is 15.0 Å². The molecule has 2 aromatic carbocycles. The molecule has 1 aliphatic rings. The summed E-state index contributed by atoms with van der Waals surface area (Å²) in [4.78, 5) is 14.4. The molecule has 4 N–H and O–H groups in total. The predicted octanol–water partition coefficient (Wildman–Crippen LogP) is 5.64. The molecule has 0 bridgehead atoms. The topological polar surface area (TPSA) is 88.6 Å². The van der Waals surface area contributed by atoms with E-state index < -0.39 is 0 Å². The number of benzene rings is 2. The van der Waals surface area contributed by atoms with Crippen molar-refractivity contribution in [2.45, 2.75) is 64.3 Å². The van der Waals surface area contributed by atoms with E-state index in [1.54, 1.807) is 6.07 Å². The molecule has 9 heteroatoms. The molecule has 0 saturated heterocycles. The van der Waals surface area contributed by atoms with Crippen molar-refractivity contribution in [3.05, 3.63) is 56.7 Å². The monoisotopic (exact) mass is 615 g/mol. The van der Waals surface area contributed by atoms with Crippen molar-refractivity contribution in [1.82, 2.24) is 15.4 Å². The molecule has 6 nitrogen and oxygen atoms in total. The summed E-state index contributed by atoms with van der Waals surface area (Å²) < 4.78 is 1.01. The van der Waals surface area contributed by atoms with Crippen LogP contribution >= 0.6 is 45.3 Å². The number of hydrazine groups is 1. The largest absolute Gasteiger partial charge is 0.504 e. The van der Waals surface area contributed by atoms with Gasteiger partial charge in [0, 0.05) is 24.7 Å². The van der Waals surface area contributed by atoms with Gasteiger partial charge < -0.3 is 15.2 Å². The summed E-state index contributed by atoms with van der Waals surface area (Å²) in [5.74, 6) is 0.0204. The van der Waals surface area contributed by atoms with E-state index in [1.165, 1.54) is 36.2 Å². The first-order valence-electron chi connectivity index (χ1n) is 11.7. The molecular weight excluding hydrogens is 582 g/mol. The Morgan fingerprint density at radius 2 is 1.97 bits per heavy atom. The highest BCUT2D eigenvalue weighted by Crippen LogP contribution is 2.36. The summed E-state index contributed by atoms with van der Waals surface area (Å²) in [6, 6.07) is 10.1. The number of halogens is 2. The smallest absolute Gasteiger partial charge is 0.305 e. The molecule has 1 heterocycles. The van der Waals surface area contributed by atoms with Crippen LogP contribution in [-0.2, 0) is 19.3 Å². The number of phenols is 2. The molecule has 1 aromatic heterocycles. The van der Waals surface area contributed by atoms with E-state index in [1.807, 2.05) is 12.1 Å². The van der Waals surface area contributed by atoms with Crippen LogP contribution in [0.2, 0.25) is 0 Å². The number of thiazole rings is 1. The maximum absolute atomic E-state index is 11.6. The Labute approximate surface area is 225 Å². The van der Waals surface area contributed by atoms with Crippen LogP contribution in [0.25, 0.3) is 10.2 Å². The van der Waals surface area contributed by atoms with Gasteiger partial charge in [-0.3, -0.25) is 10.2 Å². The molecule has 0 aliphatic heterocycles. The molecule has 1 atom stereocenters. The molecule has 0 radical (unpaired) electrons. The average molecular weight is 617 g/mol. The highest BCUT2D eigenvalue weighted by Gasteiger charge is 2.26. The minimum absolute atomic E-state index is 0. The van der Waals surface area contributed by atoms with Gasteiger partial charge in [-0.1, -0.05) is 49.7 Å². The third-order valence-electron chi connectivity index (χ3n) is 6.45. The minimum Gasteiger partial charge on any atom is -0.504 e. The van der Waals surface area contributed by atoms with E-state index in [4.69, 9.17) is 0 Å². The summed E-state index contributed by atoms with van der Waals surface area (Å²) in [5.41, 5.74) is 7.83. The number of nitrogens with zero attached hydrogens (tertiary/aromatic N) is 1. The van der Waals surface area contributed by atoms with Gasteiger partial charge in [0.25, 0.3) is 0 Å². The van der Waals surface area contributed by atoms with Crippen LogP contribution in [0, 0.1) is 0 Å². The van der Waals surface area contributed by atoms with Gasteiger partial charge in [0.1, 0.15) is 0 Å². The number of rotatable bonds is 10. The highest BCUT2D eigenvalue weighted by molar-refractivity contribution is 8.93. The lowest BCUT2D eigenvalue weighted by atomic mass is 9.87. The molecule has 3 aromatic rings. The fourth-order valence-corrected chi connectivity index (χ4v) is 5.46. The first-order valence-corrected chi connectivity index (χ1v) is 12.5. The SMILES string of the molecule is Br.Br.CCCCCCN(NCCc1ccc2[nH]c(=O)sc2c1)C1CCc2c(ccc(O)c2O)C1. The number of fused-ring (bicyclic) bond motifs is 2. The van der Waals surface area contributed by atoms with E-state index >= 15 is 0 Å². The summed E-state index contributed by atoms with van der Waals surface area (Å²) >= 11 is 1.26. The van der Waals surface area contributed by atoms with Crippen molar-refractivity contribution in [1.29, 1.82) is 0 Å². The van der Waals surface area contributed by atoms with Gasteiger partial charge in [0.05, 0.1) is 10.2 Å². The summed E-state index contributed by atoms with van der Waals surface area (Å²) in [5, 5.41) is 22.4. The minimum atomic E-state index is -0.0267. The molecule has 0 fully saturated rings. The van der Waals surface area contributed by atoms with E-state index in [0.717, 1.165) is 66.5 Å². The van der Waals surface area contributed by atoms with Crippen LogP contribution in [0.15, 0.2) is 35.1 Å². The van der Waals surface area contributed by atoms with Gasteiger partial charge in [-0.2, -0.15) is 0 Å². The van der Waals surface area contributed by atoms with Gasteiger partial charge in [0.2, 0.25) is 0 Å². The molecule has 188 valence electrons. The van der Waals surface area contributed by atoms with Gasteiger partial charge >= 0.3 is 4.87 Å². The number of unbranched alkanes of at least 4 members (excludes halogenated alkanes) is 3. The first kappa shape index (κ1) is 28.8. The zero-order valence-electron chi connectivity index (χ0n) is 19.5. The number of nitrogens with one attached hydrogen (secondary N) is 2. The van der Waals surface area contributed by atoms with Crippen LogP contribution in [0.4, 0.5) is 0 Å². The quantitative estimate of drug-likeness (QED) is 0.134. The van der Waals surface area contributed by atoms with Crippen molar-refractivity contribution in [3.63, 3.8) is 0 Å². The van der Waals surface area contributed by atoms with Crippen LogP contribution in [-0.4, -0.2) is 39.3 Å². The molecule has 0 spiro atoms.